The highest BCUT2D eigenvalue weighted by molar-refractivity contribution is 5.75. The third kappa shape index (κ3) is 4.71. The Morgan fingerprint density at radius 1 is 1.36 bits per heavy atom. The molecule has 1 amide bonds. The molecular weight excluding hydrogens is 282 g/mol. The summed E-state index contributed by atoms with van der Waals surface area (Å²) in [6, 6.07) is 7.79. The van der Waals surface area contributed by atoms with Crippen molar-refractivity contribution in [3.63, 3.8) is 0 Å². The Bertz CT molecular complexity index is 471. The molecule has 1 fully saturated rings. The van der Waals surface area contributed by atoms with Crippen molar-refractivity contribution in [1.29, 1.82) is 0 Å². The lowest BCUT2D eigenvalue weighted by molar-refractivity contribution is -0.122. The third-order valence-corrected chi connectivity index (χ3v) is 3.82. The fraction of sp³-hybridized carbons (Fsp3) is 0.588. The average molecular weight is 307 g/mol. The molecule has 2 rings (SSSR count). The van der Waals surface area contributed by atoms with Crippen LogP contribution < -0.4 is 10.1 Å². The van der Waals surface area contributed by atoms with Gasteiger partial charge in [0.15, 0.2) is 0 Å². The summed E-state index contributed by atoms with van der Waals surface area (Å²) in [6.45, 7) is 3.74. The van der Waals surface area contributed by atoms with Crippen molar-refractivity contribution in [3.8, 4) is 5.75 Å². The van der Waals surface area contributed by atoms with E-state index >= 15 is 0 Å². The van der Waals surface area contributed by atoms with Crippen molar-refractivity contribution in [2.45, 2.75) is 38.4 Å². The maximum absolute atomic E-state index is 11.6. The summed E-state index contributed by atoms with van der Waals surface area (Å²) in [6.07, 6.45) is 2.17. The number of nitrogens with one attached hydrogen (secondary N) is 1. The van der Waals surface area contributed by atoms with Gasteiger partial charge in [-0.05, 0) is 18.9 Å². The molecule has 0 bridgehead atoms. The number of methoxy groups -OCH3 is 1. The zero-order valence-corrected chi connectivity index (χ0v) is 13.3. The van der Waals surface area contributed by atoms with E-state index in [1.54, 1.807) is 7.11 Å². The van der Waals surface area contributed by atoms with E-state index in [4.69, 9.17) is 14.2 Å². The second-order valence-corrected chi connectivity index (χ2v) is 5.34. The summed E-state index contributed by atoms with van der Waals surface area (Å²) >= 11 is 0. The Morgan fingerprint density at radius 2 is 2.09 bits per heavy atom. The highest BCUT2D eigenvalue weighted by Crippen LogP contribution is 2.29. The molecule has 1 N–H and O–H groups in total. The van der Waals surface area contributed by atoms with Crippen LogP contribution in [0.4, 0.5) is 0 Å². The van der Waals surface area contributed by atoms with Gasteiger partial charge in [-0.1, -0.05) is 25.1 Å². The van der Waals surface area contributed by atoms with E-state index in [9.17, 15) is 4.79 Å². The molecule has 0 unspecified atom stereocenters. The third-order valence-electron chi connectivity index (χ3n) is 3.82. The molecule has 22 heavy (non-hydrogen) atoms. The van der Waals surface area contributed by atoms with Gasteiger partial charge in [0.05, 0.1) is 13.2 Å². The number of carbonyl (C=O) groups excluding carboxylic acids is 1. The van der Waals surface area contributed by atoms with E-state index in [2.05, 4.69) is 5.32 Å². The predicted molar refractivity (Wildman–Crippen MR) is 84.0 cm³/mol. The monoisotopic (exact) mass is 307 g/mol. The maximum atomic E-state index is 11.6. The molecule has 122 valence electrons. The minimum absolute atomic E-state index is 0.0236. The van der Waals surface area contributed by atoms with E-state index in [-0.39, 0.29) is 18.1 Å². The smallest absolute Gasteiger partial charge is 0.219 e. The first-order valence-electron chi connectivity index (χ1n) is 7.87. The molecule has 1 saturated heterocycles. The summed E-state index contributed by atoms with van der Waals surface area (Å²) in [4.78, 5) is 11.6. The number of amides is 1. The van der Waals surface area contributed by atoms with E-state index in [0.29, 0.717) is 13.0 Å². The van der Waals surface area contributed by atoms with Gasteiger partial charge in [0, 0.05) is 31.7 Å². The molecule has 1 aliphatic rings. The van der Waals surface area contributed by atoms with Crippen LogP contribution in [0.15, 0.2) is 24.3 Å². The second kappa shape index (κ2) is 8.76. The summed E-state index contributed by atoms with van der Waals surface area (Å²) in [5.74, 6) is 0.806. The number of para-hydroxylation sites is 1. The molecule has 1 aliphatic heterocycles. The quantitative estimate of drug-likeness (QED) is 0.840. The number of hydrogen-bond donors (Lipinski definition) is 1. The van der Waals surface area contributed by atoms with Gasteiger partial charge in [0.1, 0.15) is 11.9 Å². The van der Waals surface area contributed by atoms with Crippen molar-refractivity contribution in [1.82, 2.24) is 5.32 Å². The number of hydrogen-bond acceptors (Lipinski definition) is 4. The number of ether oxygens (including phenoxy) is 3. The van der Waals surface area contributed by atoms with Crippen LogP contribution in [0.2, 0.25) is 0 Å². The molecule has 1 aromatic rings. The van der Waals surface area contributed by atoms with Gasteiger partial charge in [-0.2, -0.15) is 0 Å². The second-order valence-electron chi connectivity index (χ2n) is 5.34. The Labute approximate surface area is 131 Å². The maximum Gasteiger partial charge on any atom is 0.219 e. The first-order valence-corrected chi connectivity index (χ1v) is 7.87. The van der Waals surface area contributed by atoms with Gasteiger partial charge in [0.2, 0.25) is 5.91 Å². The summed E-state index contributed by atoms with van der Waals surface area (Å²) in [5.41, 5.74) is 0.966. The first kappa shape index (κ1) is 16.8. The van der Waals surface area contributed by atoms with Crippen molar-refractivity contribution in [3.05, 3.63) is 29.8 Å². The summed E-state index contributed by atoms with van der Waals surface area (Å²) in [7, 11) is 1.65. The Kier molecular flexibility index (Phi) is 6.68. The van der Waals surface area contributed by atoms with Gasteiger partial charge in [-0.15, -0.1) is 0 Å². The van der Waals surface area contributed by atoms with Crippen LogP contribution in [0.25, 0.3) is 0 Å². The van der Waals surface area contributed by atoms with Gasteiger partial charge < -0.3 is 19.5 Å². The fourth-order valence-electron chi connectivity index (χ4n) is 2.54. The van der Waals surface area contributed by atoms with Gasteiger partial charge in [0.25, 0.3) is 0 Å². The molecule has 5 heteroatoms. The first-order chi connectivity index (χ1) is 10.7. The Morgan fingerprint density at radius 3 is 2.77 bits per heavy atom. The summed E-state index contributed by atoms with van der Waals surface area (Å²) in [5, 5.41) is 2.92. The van der Waals surface area contributed by atoms with E-state index < -0.39 is 0 Å². The van der Waals surface area contributed by atoms with E-state index in [1.807, 2.05) is 31.2 Å². The number of carbonyl (C=O) groups is 1. The highest BCUT2D eigenvalue weighted by Gasteiger charge is 2.23. The van der Waals surface area contributed by atoms with Crippen LogP contribution >= 0.6 is 0 Å². The van der Waals surface area contributed by atoms with Crippen LogP contribution in [-0.2, 0) is 14.3 Å². The SMILES string of the molecule is CCC(=O)NC[C@H](OC1CCOCC1)c1ccccc1OC. The number of rotatable bonds is 7. The molecule has 0 spiro atoms. The zero-order chi connectivity index (χ0) is 15.8. The Balaban J connectivity index is 2.10. The fourth-order valence-corrected chi connectivity index (χ4v) is 2.54. The normalized spacial score (nSPS) is 17.0. The summed E-state index contributed by atoms with van der Waals surface area (Å²) < 4.78 is 17.0. The molecule has 0 saturated carbocycles. The predicted octanol–water partition coefficient (Wildman–Crippen LogP) is 2.46. The molecule has 1 aromatic carbocycles. The number of benzene rings is 1. The molecule has 1 heterocycles. The van der Waals surface area contributed by atoms with Gasteiger partial charge in [-0.3, -0.25) is 4.79 Å². The minimum atomic E-state index is -0.213. The zero-order valence-electron chi connectivity index (χ0n) is 13.3. The lowest BCUT2D eigenvalue weighted by atomic mass is 10.1. The molecule has 1 atom stereocenters. The molecule has 0 aromatic heterocycles. The largest absolute Gasteiger partial charge is 0.496 e. The molecular formula is C17H25NO4. The lowest BCUT2D eigenvalue weighted by Crippen LogP contribution is -2.33. The van der Waals surface area contributed by atoms with Crippen molar-refractivity contribution < 1.29 is 19.0 Å². The topological polar surface area (TPSA) is 56.8 Å². The van der Waals surface area contributed by atoms with Gasteiger partial charge >= 0.3 is 0 Å². The molecule has 0 radical (unpaired) electrons. The van der Waals surface area contributed by atoms with Gasteiger partial charge in [-0.25, -0.2) is 0 Å². The van der Waals surface area contributed by atoms with Crippen LogP contribution in [0.3, 0.4) is 0 Å². The Hall–Kier alpha value is -1.59. The van der Waals surface area contributed by atoms with Crippen LogP contribution in [0.1, 0.15) is 37.9 Å². The van der Waals surface area contributed by atoms with Crippen LogP contribution in [-0.4, -0.2) is 38.9 Å². The van der Waals surface area contributed by atoms with Crippen LogP contribution in [0.5, 0.6) is 5.75 Å². The lowest BCUT2D eigenvalue weighted by Gasteiger charge is -2.29. The minimum Gasteiger partial charge on any atom is -0.496 e. The van der Waals surface area contributed by atoms with Crippen LogP contribution in [0, 0.1) is 0 Å². The van der Waals surface area contributed by atoms with Crippen molar-refractivity contribution in [2.75, 3.05) is 26.9 Å². The average Bonchev–Trinajstić information content (AvgIpc) is 2.59. The van der Waals surface area contributed by atoms with Crippen molar-refractivity contribution in [2.24, 2.45) is 0 Å². The molecule has 0 aliphatic carbocycles. The standard InChI is InChI=1S/C17H25NO4/c1-3-17(19)18-12-16(22-13-8-10-21-11-9-13)14-6-4-5-7-15(14)20-2/h4-7,13,16H,3,8-12H2,1-2H3,(H,18,19)/t16-/m0/s1. The molecule has 5 nitrogen and oxygen atoms in total. The van der Waals surface area contributed by atoms with E-state index in [1.165, 1.54) is 0 Å². The van der Waals surface area contributed by atoms with Crippen molar-refractivity contribution >= 4 is 5.91 Å². The highest BCUT2D eigenvalue weighted by atomic mass is 16.5. The van der Waals surface area contributed by atoms with E-state index in [0.717, 1.165) is 37.4 Å².